The van der Waals surface area contributed by atoms with Crippen molar-refractivity contribution in [3.63, 3.8) is 0 Å². The number of benzene rings is 3. The fraction of sp³-hybridized carbons (Fsp3) is 0.240. The van der Waals surface area contributed by atoms with Crippen LogP contribution in [0, 0.1) is 13.8 Å². The van der Waals surface area contributed by atoms with Gasteiger partial charge in [0.25, 0.3) is 10.0 Å². The Labute approximate surface area is 205 Å². The van der Waals surface area contributed by atoms with E-state index in [2.05, 4.69) is 30.4 Å². The number of rotatable bonds is 10. The van der Waals surface area contributed by atoms with Crippen molar-refractivity contribution in [1.29, 1.82) is 0 Å². The molecule has 0 saturated carbocycles. The number of para-hydroxylation sites is 1. The molecule has 0 spiro atoms. The maximum Gasteiger partial charge on any atom is 0.264 e. The highest BCUT2D eigenvalue weighted by atomic mass is 35.5. The summed E-state index contributed by atoms with van der Waals surface area (Å²) in [5, 5.41) is 3.08. The molecule has 0 saturated heterocycles. The highest BCUT2D eigenvalue weighted by Crippen LogP contribution is 2.30. The fourth-order valence-electron chi connectivity index (χ4n) is 3.23. The van der Waals surface area contributed by atoms with Crippen molar-refractivity contribution in [2.75, 3.05) is 23.1 Å². The van der Waals surface area contributed by atoms with E-state index in [1.165, 1.54) is 23.3 Å². The second-order valence-electron chi connectivity index (χ2n) is 7.67. The van der Waals surface area contributed by atoms with Crippen molar-refractivity contribution in [3.8, 4) is 0 Å². The number of thioether (sulfide) groups is 1. The van der Waals surface area contributed by atoms with Crippen LogP contribution in [0.4, 0.5) is 5.69 Å². The minimum atomic E-state index is -3.98. The van der Waals surface area contributed by atoms with E-state index in [9.17, 15) is 13.2 Å². The van der Waals surface area contributed by atoms with E-state index in [-0.39, 0.29) is 28.1 Å². The second-order valence-corrected chi connectivity index (χ2v) is 11.0. The molecular weight excluding hydrogens is 476 g/mol. The average molecular weight is 503 g/mol. The molecule has 3 aromatic carbocycles. The van der Waals surface area contributed by atoms with Crippen LogP contribution in [0.15, 0.2) is 77.7 Å². The number of halogens is 1. The van der Waals surface area contributed by atoms with E-state index in [0.29, 0.717) is 6.54 Å². The zero-order chi connectivity index (χ0) is 23.8. The first-order valence-corrected chi connectivity index (χ1v) is 13.5. The molecule has 5 nitrogen and oxygen atoms in total. The normalized spacial score (nSPS) is 11.2. The smallest absolute Gasteiger partial charge is 0.264 e. The van der Waals surface area contributed by atoms with Crippen LogP contribution in [-0.4, -0.2) is 33.2 Å². The molecule has 0 unspecified atom stereocenters. The first-order valence-electron chi connectivity index (χ1n) is 10.5. The molecule has 0 radical (unpaired) electrons. The monoisotopic (exact) mass is 502 g/mol. The summed E-state index contributed by atoms with van der Waals surface area (Å²) in [7, 11) is -3.98. The van der Waals surface area contributed by atoms with Crippen molar-refractivity contribution in [2.24, 2.45) is 0 Å². The van der Waals surface area contributed by atoms with Gasteiger partial charge in [-0.25, -0.2) is 8.42 Å². The van der Waals surface area contributed by atoms with Gasteiger partial charge in [0.2, 0.25) is 5.91 Å². The zero-order valence-electron chi connectivity index (χ0n) is 18.6. The van der Waals surface area contributed by atoms with Gasteiger partial charge in [0.1, 0.15) is 6.54 Å². The summed E-state index contributed by atoms with van der Waals surface area (Å²) in [6, 6.07) is 21.4. The number of amides is 1. The van der Waals surface area contributed by atoms with Gasteiger partial charge in [-0.3, -0.25) is 9.10 Å². The molecule has 0 atom stereocenters. The molecular formula is C25H27ClN2O3S2. The zero-order valence-corrected chi connectivity index (χ0v) is 21.0. The summed E-state index contributed by atoms with van der Waals surface area (Å²) < 4.78 is 27.8. The summed E-state index contributed by atoms with van der Waals surface area (Å²) >= 11 is 8.01. The molecule has 0 aliphatic heterocycles. The van der Waals surface area contributed by atoms with E-state index in [4.69, 9.17) is 11.6 Å². The van der Waals surface area contributed by atoms with Gasteiger partial charge in [0.05, 0.1) is 15.6 Å². The molecule has 3 rings (SSSR count). The molecule has 33 heavy (non-hydrogen) atoms. The molecule has 1 N–H and O–H groups in total. The number of carbonyl (C=O) groups is 1. The third-order valence-electron chi connectivity index (χ3n) is 4.94. The number of nitrogens with one attached hydrogen (secondary N) is 1. The molecule has 0 aliphatic rings. The van der Waals surface area contributed by atoms with E-state index >= 15 is 0 Å². The fourth-order valence-corrected chi connectivity index (χ4v) is 5.77. The summed E-state index contributed by atoms with van der Waals surface area (Å²) in [6.07, 6.45) is 0. The van der Waals surface area contributed by atoms with Gasteiger partial charge in [0.15, 0.2) is 0 Å². The topological polar surface area (TPSA) is 66.5 Å². The Bertz CT molecular complexity index is 1200. The molecule has 0 bridgehead atoms. The van der Waals surface area contributed by atoms with Crippen LogP contribution in [0.1, 0.15) is 16.7 Å². The van der Waals surface area contributed by atoms with Gasteiger partial charge in [0, 0.05) is 18.1 Å². The van der Waals surface area contributed by atoms with Gasteiger partial charge in [-0.05, 0) is 43.7 Å². The van der Waals surface area contributed by atoms with Crippen molar-refractivity contribution in [1.82, 2.24) is 5.32 Å². The molecule has 1 amide bonds. The van der Waals surface area contributed by atoms with Crippen LogP contribution >= 0.6 is 23.4 Å². The van der Waals surface area contributed by atoms with E-state index in [1.54, 1.807) is 48.2 Å². The van der Waals surface area contributed by atoms with Crippen LogP contribution in [0.5, 0.6) is 0 Å². The molecule has 0 fully saturated rings. The lowest BCUT2D eigenvalue weighted by molar-refractivity contribution is -0.119. The van der Waals surface area contributed by atoms with Gasteiger partial charge in [-0.2, -0.15) is 11.8 Å². The molecule has 3 aromatic rings. The lowest BCUT2D eigenvalue weighted by Gasteiger charge is -2.25. The van der Waals surface area contributed by atoms with E-state index in [0.717, 1.165) is 21.4 Å². The Morgan fingerprint density at radius 1 is 0.970 bits per heavy atom. The molecule has 0 aliphatic carbocycles. The SMILES string of the molecule is Cc1ccc(S(=O)(=O)N(CC(=O)NCCSCc2cccc(C)c2)c2ccccc2Cl)cc1. The van der Waals surface area contributed by atoms with Gasteiger partial charge in [-0.1, -0.05) is 71.3 Å². The molecule has 0 heterocycles. The van der Waals surface area contributed by atoms with Crippen molar-refractivity contribution >= 4 is 45.0 Å². The number of nitrogens with zero attached hydrogens (tertiary/aromatic N) is 1. The maximum absolute atomic E-state index is 13.4. The first kappa shape index (κ1) is 25.1. The number of sulfonamides is 1. The van der Waals surface area contributed by atoms with Crippen LogP contribution in [0.25, 0.3) is 0 Å². The summed E-state index contributed by atoms with van der Waals surface area (Å²) in [4.78, 5) is 12.8. The highest BCUT2D eigenvalue weighted by Gasteiger charge is 2.28. The summed E-state index contributed by atoms with van der Waals surface area (Å²) in [5.41, 5.74) is 3.67. The quantitative estimate of drug-likeness (QED) is 0.387. The van der Waals surface area contributed by atoms with Crippen LogP contribution in [0.2, 0.25) is 5.02 Å². The number of hydrogen-bond acceptors (Lipinski definition) is 4. The predicted molar refractivity (Wildman–Crippen MR) is 138 cm³/mol. The van der Waals surface area contributed by atoms with E-state index < -0.39 is 10.0 Å². The Hall–Kier alpha value is -2.48. The van der Waals surface area contributed by atoms with Crippen LogP contribution < -0.4 is 9.62 Å². The minimum Gasteiger partial charge on any atom is -0.354 e. The Morgan fingerprint density at radius 2 is 1.70 bits per heavy atom. The third kappa shape index (κ3) is 7.00. The average Bonchev–Trinajstić information content (AvgIpc) is 2.78. The Balaban J connectivity index is 1.65. The molecule has 174 valence electrons. The number of carbonyl (C=O) groups excluding carboxylic acids is 1. The minimum absolute atomic E-state index is 0.106. The van der Waals surface area contributed by atoms with Gasteiger partial charge in [-0.15, -0.1) is 0 Å². The lowest BCUT2D eigenvalue weighted by atomic mass is 10.2. The standard InChI is InChI=1S/C25H27ClN2O3S2/c1-19-10-12-22(13-11-19)33(30,31)28(24-9-4-3-8-23(24)26)17-25(29)27-14-15-32-18-21-7-5-6-20(2)16-21/h3-13,16H,14-15,17-18H2,1-2H3,(H,27,29). The highest BCUT2D eigenvalue weighted by molar-refractivity contribution is 7.98. The van der Waals surface area contributed by atoms with E-state index in [1.807, 2.05) is 13.0 Å². The Morgan fingerprint density at radius 3 is 2.39 bits per heavy atom. The summed E-state index contributed by atoms with van der Waals surface area (Å²) in [6.45, 7) is 4.02. The van der Waals surface area contributed by atoms with Gasteiger partial charge >= 0.3 is 0 Å². The third-order valence-corrected chi connectivity index (χ3v) is 8.06. The predicted octanol–water partition coefficient (Wildman–Crippen LogP) is 5.20. The first-order chi connectivity index (χ1) is 15.8. The second kappa shape index (κ2) is 11.6. The van der Waals surface area contributed by atoms with Crippen molar-refractivity contribution < 1.29 is 13.2 Å². The largest absolute Gasteiger partial charge is 0.354 e. The summed E-state index contributed by atoms with van der Waals surface area (Å²) in [5.74, 6) is 1.18. The Kier molecular flexibility index (Phi) is 8.83. The van der Waals surface area contributed by atoms with Crippen molar-refractivity contribution in [2.45, 2.75) is 24.5 Å². The van der Waals surface area contributed by atoms with Crippen LogP contribution in [0.3, 0.4) is 0 Å². The molecule has 8 heteroatoms. The molecule has 0 aromatic heterocycles. The van der Waals surface area contributed by atoms with Gasteiger partial charge < -0.3 is 5.32 Å². The lowest BCUT2D eigenvalue weighted by Crippen LogP contribution is -2.41. The van der Waals surface area contributed by atoms with Crippen LogP contribution in [-0.2, 0) is 20.6 Å². The number of aryl methyl sites for hydroxylation is 2. The van der Waals surface area contributed by atoms with Crippen molar-refractivity contribution in [3.05, 3.63) is 94.5 Å². The number of hydrogen-bond donors (Lipinski definition) is 1. The maximum atomic E-state index is 13.4. The number of anilines is 1.